The Bertz CT molecular complexity index is 1440. The van der Waals surface area contributed by atoms with E-state index in [-0.39, 0.29) is 33.5 Å². The number of carbonyl (C=O) groups excluding carboxylic acids is 3. The van der Waals surface area contributed by atoms with Gasteiger partial charge < -0.3 is 19.5 Å². The Morgan fingerprint density at radius 3 is 2.26 bits per heavy atom. The first kappa shape index (κ1) is 28.2. The second kappa shape index (κ2) is 11.9. The Morgan fingerprint density at radius 2 is 1.67 bits per heavy atom. The quantitative estimate of drug-likeness (QED) is 0.144. The Balaban J connectivity index is 1.77. The lowest BCUT2D eigenvalue weighted by Gasteiger charge is -2.26. The molecule has 1 saturated heterocycles. The van der Waals surface area contributed by atoms with Gasteiger partial charge in [0, 0.05) is 12.1 Å². The van der Waals surface area contributed by atoms with Crippen LogP contribution in [0, 0.1) is 6.92 Å². The number of likely N-dealkylation sites (tertiary alicyclic amines) is 1. The fourth-order valence-electron chi connectivity index (χ4n) is 4.50. The topological polar surface area (TPSA) is 93.1 Å². The van der Waals surface area contributed by atoms with Crippen molar-refractivity contribution in [3.63, 3.8) is 0 Å². The van der Waals surface area contributed by atoms with Crippen LogP contribution >= 0.6 is 23.2 Å². The standard InChI is InChI=1S/C30H27Cl2NO6/c1-4-12-39-30(37)19-10-8-18(9-11-19)16-33-25(20-7-5-6-17(2)13-20)24(27(35)29(33)36)26(34)21-14-22(31)28(38-3)23(32)15-21/h5-11,13-15,25,34H,4,12,16H2,1-3H3/b26-24+. The molecular weight excluding hydrogens is 541 g/mol. The molecule has 0 spiro atoms. The third-order valence-electron chi connectivity index (χ3n) is 6.35. The van der Waals surface area contributed by atoms with E-state index in [1.165, 1.54) is 24.1 Å². The van der Waals surface area contributed by atoms with Crippen molar-refractivity contribution in [2.45, 2.75) is 32.9 Å². The summed E-state index contributed by atoms with van der Waals surface area (Å²) in [5, 5.41) is 11.6. The minimum Gasteiger partial charge on any atom is -0.507 e. The van der Waals surface area contributed by atoms with Crippen molar-refractivity contribution in [2.24, 2.45) is 0 Å². The highest BCUT2D eigenvalue weighted by Crippen LogP contribution is 2.42. The number of benzene rings is 3. The van der Waals surface area contributed by atoms with Gasteiger partial charge in [0.05, 0.1) is 40.9 Å². The third-order valence-corrected chi connectivity index (χ3v) is 6.92. The normalized spacial score (nSPS) is 16.4. The highest BCUT2D eigenvalue weighted by atomic mass is 35.5. The van der Waals surface area contributed by atoms with Crippen LogP contribution in [0.25, 0.3) is 5.76 Å². The molecule has 3 aromatic rings. The first-order valence-corrected chi connectivity index (χ1v) is 13.1. The highest BCUT2D eigenvalue weighted by Gasteiger charge is 2.46. The van der Waals surface area contributed by atoms with Crippen LogP contribution in [0.1, 0.15) is 52.0 Å². The van der Waals surface area contributed by atoms with Gasteiger partial charge in [0.2, 0.25) is 0 Å². The number of rotatable bonds is 8. The van der Waals surface area contributed by atoms with Crippen LogP contribution in [0.15, 0.2) is 66.2 Å². The van der Waals surface area contributed by atoms with Crippen LogP contribution in [-0.4, -0.2) is 41.4 Å². The van der Waals surface area contributed by atoms with Gasteiger partial charge in [0.1, 0.15) is 5.76 Å². The molecule has 1 amide bonds. The molecule has 1 N–H and O–H groups in total. The zero-order valence-electron chi connectivity index (χ0n) is 21.7. The minimum atomic E-state index is -0.876. The number of esters is 1. The number of nitrogens with zero attached hydrogens (tertiary/aromatic N) is 1. The molecule has 0 aliphatic carbocycles. The lowest BCUT2D eigenvalue weighted by atomic mass is 9.94. The molecule has 39 heavy (non-hydrogen) atoms. The third kappa shape index (κ3) is 5.79. The number of aliphatic hydroxyl groups excluding tert-OH is 1. The van der Waals surface area contributed by atoms with Crippen LogP contribution in [0.3, 0.4) is 0 Å². The fraction of sp³-hybridized carbons (Fsp3) is 0.233. The number of halogens is 2. The molecule has 0 radical (unpaired) electrons. The van der Waals surface area contributed by atoms with Crippen LogP contribution < -0.4 is 4.74 Å². The average Bonchev–Trinajstić information content (AvgIpc) is 3.16. The van der Waals surface area contributed by atoms with Crippen LogP contribution in [0.5, 0.6) is 5.75 Å². The summed E-state index contributed by atoms with van der Waals surface area (Å²) in [6.07, 6.45) is 0.715. The Kier molecular flexibility index (Phi) is 8.63. The summed E-state index contributed by atoms with van der Waals surface area (Å²) in [6.45, 7) is 4.20. The molecule has 1 atom stereocenters. The van der Waals surface area contributed by atoms with Gasteiger partial charge >= 0.3 is 5.97 Å². The molecule has 9 heteroatoms. The smallest absolute Gasteiger partial charge is 0.338 e. The molecule has 1 aliphatic rings. The van der Waals surface area contributed by atoms with Crippen LogP contribution in [0.4, 0.5) is 0 Å². The van der Waals surface area contributed by atoms with Crippen LogP contribution in [0.2, 0.25) is 10.0 Å². The first-order valence-electron chi connectivity index (χ1n) is 12.3. The van der Waals surface area contributed by atoms with Gasteiger partial charge in [-0.2, -0.15) is 0 Å². The SMILES string of the molecule is CCCOC(=O)c1ccc(CN2C(=O)C(=O)/C(=C(/O)c3cc(Cl)c(OC)c(Cl)c3)C2c2cccc(C)c2)cc1. The predicted octanol–water partition coefficient (Wildman–Crippen LogP) is 6.50. The summed E-state index contributed by atoms with van der Waals surface area (Å²) < 4.78 is 10.4. The number of carbonyl (C=O) groups is 3. The van der Waals surface area contributed by atoms with Gasteiger partial charge in [-0.15, -0.1) is 0 Å². The molecule has 1 heterocycles. The molecule has 3 aromatic carbocycles. The zero-order valence-corrected chi connectivity index (χ0v) is 23.2. The summed E-state index contributed by atoms with van der Waals surface area (Å²) in [5.74, 6) is -2.20. The zero-order chi connectivity index (χ0) is 28.3. The van der Waals surface area contributed by atoms with E-state index in [4.69, 9.17) is 32.7 Å². The van der Waals surface area contributed by atoms with Gasteiger partial charge in [-0.1, -0.05) is 72.1 Å². The maximum atomic E-state index is 13.4. The van der Waals surface area contributed by atoms with Gasteiger partial charge in [-0.25, -0.2) is 4.79 Å². The van der Waals surface area contributed by atoms with Crippen molar-refractivity contribution in [1.82, 2.24) is 4.90 Å². The monoisotopic (exact) mass is 567 g/mol. The van der Waals surface area contributed by atoms with Crippen molar-refractivity contribution in [1.29, 1.82) is 0 Å². The molecule has 1 fully saturated rings. The first-order chi connectivity index (χ1) is 18.7. The summed E-state index contributed by atoms with van der Waals surface area (Å²) in [7, 11) is 1.41. The molecule has 4 rings (SSSR count). The van der Waals surface area contributed by atoms with Gasteiger partial charge in [0.15, 0.2) is 5.75 Å². The fourth-order valence-corrected chi connectivity index (χ4v) is 5.14. The Hall–Kier alpha value is -3.81. The lowest BCUT2D eigenvalue weighted by molar-refractivity contribution is -0.140. The van der Waals surface area contributed by atoms with Crippen LogP contribution in [-0.2, 0) is 20.9 Å². The molecule has 1 aliphatic heterocycles. The second-order valence-corrected chi connectivity index (χ2v) is 9.96. The number of hydrogen-bond acceptors (Lipinski definition) is 6. The number of aryl methyl sites for hydroxylation is 1. The summed E-state index contributed by atoms with van der Waals surface area (Å²) in [6, 6.07) is 16.0. The van der Waals surface area contributed by atoms with E-state index in [1.807, 2.05) is 32.0 Å². The molecule has 7 nitrogen and oxygen atoms in total. The van der Waals surface area contributed by atoms with E-state index in [9.17, 15) is 19.5 Å². The van der Waals surface area contributed by atoms with E-state index in [1.54, 1.807) is 30.3 Å². The Morgan fingerprint density at radius 1 is 1.00 bits per heavy atom. The van der Waals surface area contributed by atoms with E-state index in [0.29, 0.717) is 29.7 Å². The average molecular weight is 568 g/mol. The number of methoxy groups -OCH3 is 1. The molecule has 1 unspecified atom stereocenters. The largest absolute Gasteiger partial charge is 0.507 e. The van der Waals surface area contributed by atoms with E-state index in [0.717, 1.165) is 5.56 Å². The number of amides is 1. The number of aliphatic hydroxyl groups is 1. The number of ketones is 1. The summed E-state index contributed by atoms with van der Waals surface area (Å²) >= 11 is 12.6. The van der Waals surface area contributed by atoms with Crippen molar-refractivity contribution < 1.29 is 29.0 Å². The molecule has 0 bridgehead atoms. The lowest BCUT2D eigenvalue weighted by Crippen LogP contribution is -2.29. The van der Waals surface area contributed by atoms with E-state index >= 15 is 0 Å². The maximum absolute atomic E-state index is 13.4. The highest BCUT2D eigenvalue weighted by molar-refractivity contribution is 6.46. The summed E-state index contributed by atoms with van der Waals surface area (Å²) in [5.41, 5.74) is 2.75. The molecular formula is C30H27Cl2NO6. The summed E-state index contributed by atoms with van der Waals surface area (Å²) in [4.78, 5) is 40.3. The Labute approximate surface area is 236 Å². The predicted molar refractivity (Wildman–Crippen MR) is 149 cm³/mol. The van der Waals surface area contributed by atoms with E-state index < -0.39 is 29.5 Å². The minimum absolute atomic E-state index is 0.0639. The van der Waals surface area contributed by atoms with Gasteiger partial charge in [-0.3, -0.25) is 9.59 Å². The van der Waals surface area contributed by atoms with Crippen molar-refractivity contribution in [2.75, 3.05) is 13.7 Å². The van der Waals surface area contributed by atoms with Crippen molar-refractivity contribution in [3.8, 4) is 5.75 Å². The van der Waals surface area contributed by atoms with Gasteiger partial charge in [0.25, 0.3) is 11.7 Å². The number of Topliss-reactive ketones (excluding diaryl/α,β-unsaturated/α-hetero) is 1. The maximum Gasteiger partial charge on any atom is 0.338 e. The number of ether oxygens (including phenoxy) is 2. The van der Waals surface area contributed by atoms with Crippen molar-refractivity contribution in [3.05, 3.63) is 104 Å². The number of hydrogen-bond donors (Lipinski definition) is 1. The molecule has 0 aromatic heterocycles. The molecule has 0 saturated carbocycles. The van der Waals surface area contributed by atoms with E-state index in [2.05, 4.69) is 0 Å². The molecule has 202 valence electrons. The second-order valence-electron chi connectivity index (χ2n) is 9.15. The van der Waals surface area contributed by atoms with Crippen molar-refractivity contribution >= 4 is 46.6 Å². The van der Waals surface area contributed by atoms with Gasteiger partial charge in [-0.05, 0) is 48.7 Å².